The van der Waals surface area contributed by atoms with Crippen LogP contribution >= 0.6 is 0 Å². The Morgan fingerprint density at radius 3 is 2.96 bits per heavy atom. The summed E-state index contributed by atoms with van der Waals surface area (Å²) in [7, 11) is 0. The monoisotopic (exact) mass is 332 g/mol. The fraction of sp³-hybridized carbons (Fsp3) is 0.316. The smallest absolute Gasteiger partial charge is 0.172 e. The molecule has 126 valence electrons. The van der Waals surface area contributed by atoms with E-state index in [9.17, 15) is 0 Å². The van der Waals surface area contributed by atoms with E-state index in [1.165, 1.54) is 12.1 Å². The molecular formula is C19H20N6. The van der Waals surface area contributed by atoms with Crippen molar-refractivity contribution in [3.8, 4) is 6.07 Å². The predicted octanol–water partition coefficient (Wildman–Crippen LogP) is 2.22. The molecule has 1 aliphatic rings. The van der Waals surface area contributed by atoms with E-state index in [4.69, 9.17) is 5.26 Å². The molecule has 3 heterocycles. The van der Waals surface area contributed by atoms with Crippen LogP contribution in [-0.2, 0) is 6.54 Å². The molecule has 1 N–H and O–H groups in total. The van der Waals surface area contributed by atoms with E-state index < -0.39 is 0 Å². The average Bonchev–Trinajstić information content (AvgIpc) is 3.29. The number of para-hydroxylation sites is 1. The predicted molar refractivity (Wildman–Crippen MR) is 96.2 cm³/mol. The molecule has 1 saturated heterocycles. The third kappa shape index (κ3) is 3.32. The lowest BCUT2D eigenvalue weighted by molar-refractivity contribution is 0.515. The zero-order valence-corrected chi connectivity index (χ0v) is 14.0. The van der Waals surface area contributed by atoms with E-state index in [1.807, 2.05) is 12.4 Å². The highest BCUT2D eigenvalue weighted by atomic mass is 15.2. The molecule has 1 aliphatic heterocycles. The highest BCUT2D eigenvalue weighted by Gasteiger charge is 2.22. The van der Waals surface area contributed by atoms with Crippen molar-refractivity contribution in [3.63, 3.8) is 0 Å². The summed E-state index contributed by atoms with van der Waals surface area (Å²) in [6, 6.07) is 12.7. The topological polar surface area (TPSA) is 69.2 Å². The van der Waals surface area contributed by atoms with Crippen LogP contribution in [0.3, 0.4) is 0 Å². The summed E-state index contributed by atoms with van der Waals surface area (Å²) in [6.45, 7) is 3.96. The van der Waals surface area contributed by atoms with Crippen molar-refractivity contribution in [2.24, 2.45) is 5.92 Å². The molecule has 1 aromatic carbocycles. The molecule has 6 nitrogen and oxygen atoms in total. The number of nitrogens with one attached hydrogen (secondary N) is 1. The van der Waals surface area contributed by atoms with Gasteiger partial charge in [-0.05, 0) is 24.5 Å². The van der Waals surface area contributed by atoms with Gasteiger partial charge in [0.15, 0.2) is 5.65 Å². The van der Waals surface area contributed by atoms with Crippen molar-refractivity contribution in [3.05, 3.63) is 60.0 Å². The Kier molecular flexibility index (Phi) is 4.32. The Morgan fingerprint density at radius 2 is 2.12 bits per heavy atom. The Labute approximate surface area is 146 Å². The van der Waals surface area contributed by atoms with E-state index in [1.54, 1.807) is 10.7 Å². The first-order valence-electron chi connectivity index (χ1n) is 8.56. The molecular weight excluding hydrogens is 312 g/mol. The van der Waals surface area contributed by atoms with Crippen molar-refractivity contribution in [2.45, 2.75) is 13.0 Å². The summed E-state index contributed by atoms with van der Waals surface area (Å²) < 4.78 is 1.67. The van der Waals surface area contributed by atoms with Crippen LogP contribution in [0.15, 0.2) is 48.9 Å². The van der Waals surface area contributed by atoms with Crippen LogP contribution in [0.4, 0.5) is 5.69 Å². The number of rotatable bonds is 5. The normalized spacial score (nSPS) is 17.1. The number of nitrogens with zero attached hydrogens (tertiary/aromatic N) is 5. The minimum absolute atomic E-state index is 0.506. The lowest BCUT2D eigenvalue weighted by Gasteiger charge is -2.18. The third-order valence-electron chi connectivity index (χ3n) is 4.70. The molecule has 6 heteroatoms. The summed E-state index contributed by atoms with van der Waals surface area (Å²) >= 11 is 0. The van der Waals surface area contributed by atoms with Gasteiger partial charge in [-0.3, -0.25) is 0 Å². The summed E-state index contributed by atoms with van der Waals surface area (Å²) in [5.74, 6) is 0.659. The zero-order valence-electron chi connectivity index (χ0n) is 14.0. The number of fused-ring (bicyclic) bond motifs is 1. The number of anilines is 1. The largest absolute Gasteiger partial charge is 0.371 e. The number of nitriles is 1. The van der Waals surface area contributed by atoms with Crippen molar-refractivity contribution < 1.29 is 0 Å². The Morgan fingerprint density at radius 1 is 1.24 bits per heavy atom. The highest BCUT2D eigenvalue weighted by molar-refractivity contribution is 5.53. The fourth-order valence-electron chi connectivity index (χ4n) is 3.38. The first-order chi connectivity index (χ1) is 12.3. The van der Waals surface area contributed by atoms with Gasteiger partial charge in [-0.1, -0.05) is 18.2 Å². The molecule has 4 rings (SSSR count). The van der Waals surface area contributed by atoms with Crippen LogP contribution in [0.5, 0.6) is 0 Å². The maximum absolute atomic E-state index is 9.00. The van der Waals surface area contributed by atoms with E-state index in [0.29, 0.717) is 17.1 Å². The highest BCUT2D eigenvalue weighted by Crippen LogP contribution is 2.23. The summed E-state index contributed by atoms with van der Waals surface area (Å²) in [5.41, 5.74) is 3.50. The van der Waals surface area contributed by atoms with Gasteiger partial charge in [0.2, 0.25) is 0 Å². The SMILES string of the molecule is N#Cc1cnn2cc(CNC[C@H]3CCN(c4ccccc4)C3)cnc12. The second kappa shape index (κ2) is 6.91. The molecule has 0 amide bonds. The van der Waals surface area contributed by atoms with Crippen LogP contribution in [0.1, 0.15) is 17.5 Å². The minimum atomic E-state index is 0.506. The molecule has 0 aliphatic carbocycles. The first kappa shape index (κ1) is 15.6. The van der Waals surface area contributed by atoms with Crippen LogP contribution in [-0.4, -0.2) is 34.2 Å². The van der Waals surface area contributed by atoms with Crippen LogP contribution in [0.25, 0.3) is 5.65 Å². The molecule has 0 radical (unpaired) electrons. The summed E-state index contributed by atoms with van der Waals surface area (Å²) in [4.78, 5) is 6.80. The van der Waals surface area contributed by atoms with Crippen molar-refractivity contribution >= 4 is 11.3 Å². The van der Waals surface area contributed by atoms with Gasteiger partial charge in [0.25, 0.3) is 0 Å². The number of benzene rings is 1. The molecule has 3 aromatic rings. The first-order valence-corrected chi connectivity index (χ1v) is 8.56. The maximum Gasteiger partial charge on any atom is 0.172 e. The van der Waals surface area contributed by atoms with Gasteiger partial charge >= 0.3 is 0 Å². The van der Waals surface area contributed by atoms with E-state index in [2.05, 4.69) is 56.7 Å². The zero-order chi connectivity index (χ0) is 17.1. The van der Waals surface area contributed by atoms with Gasteiger partial charge in [0.1, 0.15) is 11.6 Å². The molecule has 0 saturated carbocycles. The maximum atomic E-state index is 9.00. The van der Waals surface area contributed by atoms with Gasteiger partial charge in [0.05, 0.1) is 6.20 Å². The summed E-state index contributed by atoms with van der Waals surface area (Å²) in [5, 5.41) is 16.7. The van der Waals surface area contributed by atoms with Gasteiger partial charge in [0, 0.05) is 49.8 Å². The van der Waals surface area contributed by atoms with Gasteiger partial charge < -0.3 is 10.2 Å². The molecule has 25 heavy (non-hydrogen) atoms. The quantitative estimate of drug-likeness (QED) is 0.776. The van der Waals surface area contributed by atoms with Crippen molar-refractivity contribution in [1.29, 1.82) is 5.26 Å². The van der Waals surface area contributed by atoms with Gasteiger partial charge in [-0.15, -0.1) is 0 Å². The second-order valence-corrected chi connectivity index (χ2v) is 6.47. The van der Waals surface area contributed by atoms with Crippen LogP contribution < -0.4 is 10.2 Å². The van der Waals surface area contributed by atoms with Crippen molar-refractivity contribution in [2.75, 3.05) is 24.5 Å². The molecule has 0 spiro atoms. The summed E-state index contributed by atoms with van der Waals surface area (Å²) in [6.07, 6.45) is 6.51. The molecule has 0 unspecified atom stereocenters. The minimum Gasteiger partial charge on any atom is -0.371 e. The van der Waals surface area contributed by atoms with E-state index in [-0.39, 0.29) is 0 Å². The third-order valence-corrected chi connectivity index (χ3v) is 4.70. The lowest BCUT2D eigenvalue weighted by atomic mass is 10.1. The molecule has 0 bridgehead atoms. The number of hydrogen-bond acceptors (Lipinski definition) is 5. The Bertz CT molecular complexity index is 895. The molecule has 1 atom stereocenters. The van der Waals surface area contributed by atoms with Crippen LogP contribution in [0, 0.1) is 17.2 Å². The lowest BCUT2D eigenvalue weighted by Crippen LogP contribution is -2.26. The second-order valence-electron chi connectivity index (χ2n) is 6.47. The standard InChI is InChI=1S/C19H20N6/c20-8-17-12-23-25-14-16(11-22-19(17)25)10-21-9-15-6-7-24(13-15)18-4-2-1-3-5-18/h1-5,11-12,14-15,21H,6-7,9-10,13H2/t15-/m1/s1. The van der Waals surface area contributed by atoms with Gasteiger partial charge in [-0.25, -0.2) is 9.50 Å². The van der Waals surface area contributed by atoms with E-state index in [0.717, 1.165) is 31.7 Å². The average molecular weight is 332 g/mol. The molecule has 2 aromatic heterocycles. The fourth-order valence-corrected chi connectivity index (χ4v) is 3.38. The molecule has 1 fully saturated rings. The van der Waals surface area contributed by atoms with Crippen LogP contribution in [0.2, 0.25) is 0 Å². The van der Waals surface area contributed by atoms with E-state index >= 15 is 0 Å². The van der Waals surface area contributed by atoms with Crippen molar-refractivity contribution in [1.82, 2.24) is 19.9 Å². The Balaban J connectivity index is 1.30. The number of hydrogen-bond donors (Lipinski definition) is 1. The Hall–Kier alpha value is -2.91. The van der Waals surface area contributed by atoms with Gasteiger partial charge in [-0.2, -0.15) is 10.4 Å². The number of aromatic nitrogens is 3.